The Morgan fingerprint density at radius 3 is 2.50 bits per heavy atom. The Balaban J connectivity index is 2.29. The van der Waals surface area contributed by atoms with Crippen LogP contribution in [0.2, 0.25) is 0 Å². The molecule has 0 saturated carbocycles. The van der Waals surface area contributed by atoms with Crippen molar-refractivity contribution in [1.82, 2.24) is 19.5 Å². The number of hydrogen-bond donors (Lipinski definition) is 1. The third-order valence-corrected chi connectivity index (χ3v) is 6.61. The van der Waals surface area contributed by atoms with Gasteiger partial charge in [-0.05, 0) is 26.8 Å². The maximum absolute atomic E-state index is 13.1. The van der Waals surface area contributed by atoms with Crippen LogP contribution in [0, 0.1) is 23.0 Å². The molecule has 32 heavy (non-hydrogen) atoms. The van der Waals surface area contributed by atoms with E-state index in [0.29, 0.717) is 11.9 Å². The van der Waals surface area contributed by atoms with Crippen LogP contribution in [0.4, 0.5) is 13.2 Å². The fourth-order valence-corrected chi connectivity index (χ4v) is 4.04. The van der Waals surface area contributed by atoms with Crippen molar-refractivity contribution in [3.63, 3.8) is 0 Å². The van der Waals surface area contributed by atoms with Gasteiger partial charge >= 0.3 is 6.18 Å². The summed E-state index contributed by atoms with van der Waals surface area (Å²) in [7, 11) is -1.80. The molecule has 170 valence electrons. The number of hydrogen-bond acceptors (Lipinski definition) is 7. The van der Waals surface area contributed by atoms with E-state index >= 15 is 0 Å². The van der Waals surface area contributed by atoms with E-state index in [-0.39, 0.29) is 39.1 Å². The van der Waals surface area contributed by atoms with Gasteiger partial charge in [0.2, 0.25) is 0 Å². The Kier molecular flexibility index (Phi) is 5.67. The molecule has 0 bridgehead atoms. The maximum atomic E-state index is 13.1. The number of ether oxygens (including phenoxy) is 1. The highest BCUT2D eigenvalue weighted by molar-refractivity contribution is 7.92. The molecule has 8 nitrogen and oxygen atoms in total. The first-order chi connectivity index (χ1) is 14.7. The lowest BCUT2D eigenvalue weighted by Gasteiger charge is -2.21. The number of rotatable bonds is 5. The quantitative estimate of drug-likeness (QED) is 0.593. The van der Waals surface area contributed by atoms with Crippen molar-refractivity contribution in [1.29, 1.82) is 10.0 Å². The van der Waals surface area contributed by atoms with Crippen molar-refractivity contribution in [3.05, 3.63) is 29.6 Å². The monoisotopic (exact) mass is 466 g/mol. The number of nitrogens with zero attached hydrogens (tertiary/aromatic N) is 5. The molecule has 0 aliphatic rings. The van der Waals surface area contributed by atoms with Crippen LogP contribution in [0.25, 0.3) is 22.7 Å². The summed E-state index contributed by atoms with van der Waals surface area (Å²) in [5, 5.41) is 9.26. The Labute approximate surface area is 183 Å². The highest BCUT2D eigenvalue weighted by Crippen LogP contribution is 2.35. The number of aryl methyl sites for hydroxylation is 2. The number of nitrogens with one attached hydrogen (secondary N) is 1. The van der Waals surface area contributed by atoms with Crippen LogP contribution in [-0.4, -0.2) is 35.1 Å². The summed E-state index contributed by atoms with van der Waals surface area (Å²) in [6.45, 7) is 6.28. The molecule has 0 aromatic carbocycles. The van der Waals surface area contributed by atoms with E-state index in [4.69, 9.17) is 9.52 Å². The van der Waals surface area contributed by atoms with Crippen molar-refractivity contribution in [2.24, 2.45) is 7.05 Å². The van der Waals surface area contributed by atoms with Gasteiger partial charge in [0.15, 0.2) is 17.1 Å². The van der Waals surface area contributed by atoms with Crippen molar-refractivity contribution in [2.75, 3.05) is 5.75 Å². The fraction of sp³-hybridized carbons (Fsp3) is 0.400. The molecule has 0 amide bonds. The summed E-state index contributed by atoms with van der Waals surface area (Å²) in [4.78, 5) is 12.6. The number of pyridine rings is 2. The summed E-state index contributed by atoms with van der Waals surface area (Å²) >= 11 is 0. The summed E-state index contributed by atoms with van der Waals surface area (Å²) in [6, 6.07) is 4.27. The first-order valence-electron chi connectivity index (χ1n) is 9.48. The van der Waals surface area contributed by atoms with Gasteiger partial charge in [0.1, 0.15) is 23.0 Å². The van der Waals surface area contributed by atoms with Gasteiger partial charge in [-0.2, -0.15) is 18.4 Å². The standard InChI is InChI=1S/C20H21F3N6O2S/c1-6-32(25,30)15-8-14(31-19(3,4)10-24)11(2)27-16(15)18-28-13-7-12(20(21,22)23)9-26-17(13)29(18)5/h7-9,25H,6H2,1-5H3/t32-/m0/s1. The molecule has 3 rings (SSSR count). The van der Waals surface area contributed by atoms with E-state index in [1.807, 2.05) is 6.07 Å². The predicted octanol–water partition coefficient (Wildman–Crippen LogP) is 4.46. The molecule has 0 spiro atoms. The first-order valence-corrected chi connectivity index (χ1v) is 11.2. The SMILES string of the molecule is CC[S@](=N)(=O)c1cc(OC(C)(C)C#N)c(C)nc1-c1nc2cc(C(F)(F)F)cnc2n1C. The van der Waals surface area contributed by atoms with E-state index in [9.17, 15) is 22.6 Å². The third kappa shape index (κ3) is 4.25. The number of fused-ring (bicyclic) bond motifs is 1. The zero-order valence-electron chi connectivity index (χ0n) is 18.0. The Morgan fingerprint density at radius 1 is 1.28 bits per heavy atom. The van der Waals surface area contributed by atoms with Crippen LogP contribution in [-0.2, 0) is 23.0 Å². The zero-order chi connectivity index (χ0) is 24.1. The highest BCUT2D eigenvalue weighted by atomic mass is 32.2. The van der Waals surface area contributed by atoms with Gasteiger partial charge in [0, 0.05) is 25.1 Å². The van der Waals surface area contributed by atoms with Crippen molar-refractivity contribution in [2.45, 2.75) is 44.4 Å². The molecule has 0 fully saturated rings. The van der Waals surface area contributed by atoms with Gasteiger partial charge in [-0.3, -0.25) is 0 Å². The van der Waals surface area contributed by atoms with Crippen LogP contribution in [0.15, 0.2) is 23.2 Å². The number of imidazole rings is 1. The lowest BCUT2D eigenvalue weighted by atomic mass is 10.1. The van der Waals surface area contributed by atoms with Gasteiger partial charge in [0.25, 0.3) is 0 Å². The molecule has 0 aliphatic heterocycles. The Morgan fingerprint density at radius 2 is 1.94 bits per heavy atom. The smallest absolute Gasteiger partial charge is 0.417 e. The lowest BCUT2D eigenvalue weighted by Crippen LogP contribution is -2.26. The van der Waals surface area contributed by atoms with Crippen LogP contribution in [0.5, 0.6) is 5.75 Å². The van der Waals surface area contributed by atoms with Gasteiger partial charge in [-0.25, -0.2) is 23.9 Å². The molecule has 12 heteroatoms. The predicted molar refractivity (Wildman–Crippen MR) is 111 cm³/mol. The van der Waals surface area contributed by atoms with Gasteiger partial charge in [0.05, 0.1) is 25.9 Å². The minimum absolute atomic E-state index is 0.0124. The van der Waals surface area contributed by atoms with Crippen LogP contribution >= 0.6 is 0 Å². The number of alkyl halides is 3. The van der Waals surface area contributed by atoms with Crippen molar-refractivity contribution >= 4 is 20.9 Å². The van der Waals surface area contributed by atoms with E-state index in [2.05, 4.69) is 15.0 Å². The zero-order valence-corrected chi connectivity index (χ0v) is 18.9. The molecule has 3 heterocycles. The van der Waals surface area contributed by atoms with Crippen molar-refractivity contribution in [3.8, 4) is 23.3 Å². The number of halogens is 3. The summed E-state index contributed by atoms with van der Waals surface area (Å²) in [5.74, 6) is 0.260. The third-order valence-electron chi connectivity index (χ3n) is 4.78. The van der Waals surface area contributed by atoms with Crippen LogP contribution in [0.3, 0.4) is 0 Å². The molecular formula is C20H21F3N6O2S. The lowest BCUT2D eigenvalue weighted by molar-refractivity contribution is -0.137. The van der Waals surface area contributed by atoms with E-state index < -0.39 is 27.1 Å². The molecule has 1 N–H and O–H groups in total. The van der Waals surface area contributed by atoms with E-state index in [1.54, 1.807) is 34.7 Å². The fourth-order valence-electron chi connectivity index (χ4n) is 2.98. The Bertz CT molecular complexity index is 1350. The first kappa shape index (κ1) is 23.5. The largest absolute Gasteiger partial charge is 0.471 e. The second-order valence-electron chi connectivity index (χ2n) is 7.67. The van der Waals surface area contributed by atoms with Crippen molar-refractivity contribution < 1.29 is 22.1 Å². The molecule has 0 unspecified atom stereocenters. The molecule has 3 aromatic heterocycles. The topological polar surface area (TPSA) is 118 Å². The molecule has 1 atom stereocenters. The normalized spacial score (nSPS) is 14.2. The second-order valence-corrected chi connectivity index (χ2v) is 10.0. The average molecular weight is 466 g/mol. The van der Waals surface area contributed by atoms with Gasteiger partial charge in [-0.15, -0.1) is 0 Å². The molecule has 0 radical (unpaired) electrons. The summed E-state index contributed by atoms with van der Waals surface area (Å²) < 4.78 is 67.8. The van der Waals surface area contributed by atoms with Crippen LogP contribution in [0.1, 0.15) is 32.0 Å². The Hall–Kier alpha value is -3.20. The molecule has 0 saturated heterocycles. The maximum Gasteiger partial charge on any atom is 0.417 e. The van der Waals surface area contributed by atoms with Crippen LogP contribution < -0.4 is 4.74 Å². The number of aromatic nitrogens is 4. The second kappa shape index (κ2) is 7.74. The summed E-state index contributed by atoms with van der Waals surface area (Å²) in [6.07, 6.45) is -3.86. The van der Waals surface area contributed by atoms with Gasteiger partial charge in [-0.1, -0.05) is 6.92 Å². The minimum Gasteiger partial charge on any atom is -0.471 e. The highest BCUT2D eigenvalue weighted by Gasteiger charge is 2.32. The molecular weight excluding hydrogens is 445 g/mol. The van der Waals surface area contributed by atoms with E-state index in [1.165, 1.54) is 10.6 Å². The minimum atomic E-state index is -4.58. The van der Waals surface area contributed by atoms with E-state index in [0.717, 1.165) is 6.07 Å². The average Bonchev–Trinajstić information content (AvgIpc) is 3.04. The number of nitriles is 1. The molecule has 3 aromatic rings. The molecule has 0 aliphatic carbocycles. The van der Waals surface area contributed by atoms with Gasteiger partial charge < -0.3 is 9.30 Å². The summed E-state index contributed by atoms with van der Waals surface area (Å²) in [5.41, 5.74) is -1.55.